The minimum Gasteiger partial charge on any atom is -0.444 e. The highest BCUT2D eigenvalue weighted by molar-refractivity contribution is 6.21. The fraction of sp³-hybridized carbons (Fsp3) is 0.450. The van der Waals surface area contributed by atoms with Crippen molar-refractivity contribution in [1.82, 2.24) is 9.80 Å². The van der Waals surface area contributed by atoms with Gasteiger partial charge in [0.25, 0.3) is 11.8 Å². The van der Waals surface area contributed by atoms with E-state index < -0.39 is 17.7 Å². The fourth-order valence-corrected chi connectivity index (χ4v) is 2.86. The highest BCUT2D eigenvalue weighted by Gasteiger charge is 2.39. The first-order valence-corrected chi connectivity index (χ1v) is 8.60. The Hall–Kier alpha value is -2.63. The monoisotopic (exact) mass is 358 g/mol. The van der Waals surface area contributed by atoms with Gasteiger partial charge in [0, 0.05) is 13.1 Å². The van der Waals surface area contributed by atoms with Crippen LogP contribution in [0.3, 0.4) is 0 Å². The standard InChI is InChI=1S/C20H26N2O4/c1-13(2)11-21(19(25)26-20(4,5)6)12-14(3)22-17(23)15-9-7-8-10-16(15)18(22)24/h7-10,14H,1,11-12H2,2-6H3/t14-/m1/s1. The summed E-state index contributed by atoms with van der Waals surface area (Å²) in [6.07, 6.45) is -0.496. The number of benzene rings is 1. The van der Waals surface area contributed by atoms with Crippen LogP contribution >= 0.6 is 0 Å². The maximum atomic E-state index is 12.6. The molecule has 0 fully saturated rings. The molecule has 26 heavy (non-hydrogen) atoms. The molecule has 6 nitrogen and oxygen atoms in total. The topological polar surface area (TPSA) is 66.9 Å². The Balaban J connectivity index is 2.18. The van der Waals surface area contributed by atoms with Gasteiger partial charge in [0.05, 0.1) is 17.2 Å². The first-order valence-electron chi connectivity index (χ1n) is 8.60. The molecule has 0 saturated carbocycles. The van der Waals surface area contributed by atoms with Crippen LogP contribution in [-0.2, 0) is 4.74 Å². The van der Waals surface area contributed by atoms with Crippen molar-refractivity contribution in [3.63, 3.8) is 0 Å². The average molecular weight is 358 g/mol. The van der Waals surface area contributed by atoms with E-state index in [2.05, 4.69) is 6.58 Å². The number of amides is 3. The fourth-order valence-electron chi connectivity index (χ4n) is 2.86. The van der Waals surface area contributed by atoms with Gasteiger partial charge in [-0.2, -0.15) is 0 Å². The van der Waals surface area contributed by atoms with E-state index >= 15 is 0 Å². The third-order valence-electron chi connectivity index (χ3n) is 3.86. The van der Waals surface area contributed by atoms with Gasteiger partial charge < -0.3 is 9.64 Å². The quantitative estimate of drug-likeness (QED) is 0.597. The highest BCUT2D eigenvalue weighted by atomic mass is 16.6. The van der Waals surface area contributed by atoms with Crippen molar-refractivity contribution in [3.8, 4) is 0 Å². The molecule has 1 aromatic rings. The third-order valence-corrected chi connectivity index (χ3v) is 3.86. The lowest BCUT2D eigenvalue weighted by Gasteiger charge is -2.32. The predicted molar refractivity (Wildman–Crippen MR) is 99.0 cm³/mol. The molecule has 140 valence electrons. The molecule has 0 bridgehead atoms. The Morgan fingerprint density at radius 2 is 1.69 bits per heavy atom. The summed E-state index contributed by atoms with van der Waals surface area (Å²) >= 11 is 0. The number of ether oxygens (including phenoxy) is 1. The van der Waals surface area contributed by atoms with Crippen molar-refractivity contribution in [2.45, 2.75) is 46.3 Å². The Morgan fingerprint density at radius 3 is 2.12 bits per heavy atom. The second kappa shape index (κ2) is 7.32. The molecule has 3 amide bonds. The van der Waals surface area contributed by atoms with Crippen LogP contribution in [0.1, 0.15) is 55.3 Å². The van der Waals surface area contributed by atoms with E-state index in [4.69, 9.17) is 4.74 Å². The molecule has 0 radical (unpaired) electrons. The van der Waals surface area contributed by atoms with Crippen LogP contribution in [0.2, 0.25) is 0 Å². The molecule has 2 rings (SSSR count). The molecule has 1 atom stereocenters. The molecule has 1 aliphatic heterocycles. The van der Waals surface area contributed by atoms with E-state index in [0.717, 1.165) is 5.57 Å². The van der Waals surface area contributed by atoms with Gasteiger partial charge in [-0.15, -0.1) is 0 Å². The van der Waals surface area contributed by atoms with Crippen LogP contribution in [0.25, 0.3) is 0 Å². The number of carbonyl (C=O) groups excluding carboxylic acids is 3. The molecular formula is C20H26N2O4. The van der Waals surface area contributed by atoms with Gasteiger partial charge in [-0.05, 0) is 46.8 Å². The van der Waals surface area contributed by atoms with Crippen LogP contribution in [0.5, 0.6) is 0 Å². The summed E-state index contributed by atoms with van der Waals surface area (Å²) in [5.41, 5.74) is 0.940. The second-order valence-corrected chi connectivity index (χ2v) is 7.69. The minimum atomic E-state index is -0.636. The van der Waals surface area contributed by atoms with Gasteiger partial charge in [-0.25, -0.2) is 4.79 Å². The summed E-state index contributed by atoms with van der Waals surface area (Å²) in [6.45, 7) is 13.2. The molecule has 0 aromatic heterocycles. The smallest absolute Gasteiger partial charge is 0.410 e. The lowest BCUT2D eigenvalue weighted by Crippen LogP contribution is -2.48. The van der Waals surface area contributed by atoms with Crippen molar-refractivity contribution >= 4 is 17.9 Å². The molecule has 1 aromatic carbocycles. The van der Waals surface area contributed by atoms with Gasteiger partial charge in [0.15, 0.2) is 0 Å². The van der Waals surface area contributed by atoms with Gasteiger partial charge in [0.2, 0.25) is 0 Å². The first-order chi connectivity index (χ1) is 12.0. The molecule has 0 unspecified atom stereocenters. The molecule has 0 aliphatic carbocycles. The Morgan fingerprint density at radius 1 is 1.19 bits per heavy atom. The zero-order valence-electron chi connectivity index (χ0n) is 16.0. The summed E-state index contributed by atoms with van der Waals surface area (Å²) in [7, 11) is 0. The highest BCUT2D eigenvalue weighted by Crippen LogP contribution is 2.25. The van der Waals surface area contributed by atoms with E-state index in [-0.39, 0.29) is 18.4 Å². The van der Waals surface area contributed by atoms with Crippen LogP contribution < -0.4 is 0 Å². The Bertz CT molecular complexity index is 713. The number of carbonyl (C=O) groups is 3. The minimum absolute atomic E-state index is 0.174. The largest absolute Gasteiger partial charge is 0.444 e. The number of fused-ring (bicyclic) bond motifs is 1. The summed E-state index contributed by atoms with van der Waals surface area (Å²) in [6, 6.07) is 6.25. The van der Waals surface area contributed by atoms with Crippen molar-refractivity contribution < 1.29 is 19.1 Å². The van der Waals surface area contributed by atoms with Crippen molar-refractivity contribution in [2.24, 2.45) is 0 Å². The molecule has 0 spiro atoms. The molecule has 0 saturated heterocycles. The van der Waals surface area contributed by atoms with E-state index in [1.165, 1.54) is 9.80 Å². The number of nitrogens with zero attached hydrogens (tertiary/aromatic N) is 2. The predicted octanol–water partition coefficient (Wildman–Crippen LogP) is 3.48. The first kappa shape index (κ1) is 19.7. The van der Waals surface area contributed by atoms with E-state index in [1.807, 2.05) is 6.92 Å². The number of rotatable bonds is 5. The summed E-state index contributed by atoms with van der Waals surface area (Å²) < 4.78 is 5.44. The number of imide groups is 1. The maximum Gasteiger partial charge on any atom is 0.410 e. The Kier molecular flexibility index (Phi) is 5.54. The van der Waals surface area contributed by atoms with Crippen molar-refractivity contribution in [2.75, 3.05) is 13.1 Å². The Labute approximate surface area is 154 Å². The van der Waals surface area contributed by atoms with Crippen LogP contribution in [0, 0.1) is 0 Å². The van der Waals surface area contributed by atoms with Crippen LogP contribution in [-0.4, -0.2) is 52.4 Å². The summed E-state index contributed by atoms with van der Waals surface area (Å²) in [5.74, 6) is -0.671. The lowest BCUT2D eigenvalue weighted by atomic mass is 10.1. The maximum absolute atomic E-state index is 12.6. The van der Waals surface area contributed by atoms with E-state index in [1.54, 1.807) is 52.0 Å². The molecule has 1 aliphatic rings. The zero-order chi connectivity index (χ0) is 19.6. The van der Waals surface area contributed by atoms with Gasteiger partial charge in [-0.3, -0.25) is 14.5 Å². The average Bonchev–Trinajstić information content (AvgIpc) is 2.76. The van der Waals surface area contributed by atoms with Crippen molar-refractivity contribution in [3.05, 3.63) is 47.5 Å². The molecule has 1 heterocycles. The SMILES string of the molecule is C=C(C)CN(C[C@@H](C)N1C(=O)c2ccccc2C1=O)C(=O)OC(C)(C)C. The van der Waals surface area contributed by atoms with Crippen molar-refractivity contribution in [1.29, 1.82) is 0 Å². The summed E-state index contributed by atoms with van der Waals surface area (Å²) in [4.78, 5) is 40.4. The number of hydrogen-bond donors (Lipinski definition) is 0. The van der Waals surface area contributed by atoms with Gasteiger partial charge in [-0.1, -0.05) is 24.3 Å². The molecule has 0 N–H and O–H groups in total. The number of hydrogen-bond acceptors (Lipinski definition) is 4. The molecule has 6 heteroatoms. The van der Waals surface area contributed by atoms with E-state index in [9.17, 15) is 14.4 Å². The van der Waals surface area contributed by atoms with E-state index in [0.29, 0.717) is 17.7 Å². The molecular weight excluding hydrogens is 332 g/mol. The van der Waals surface area contributed by atoms with Gasteiger partial charge >= 0.3 is 6.09 Å². The third kappa shape index (κ3) is 4.31. The second-order valence-electron chi connectivity index (χ2n) is 7.69. The van der Waals surface area contributed by atoms with Crippen LogP contribution in [0.4, 0.5) is 4.79 Å². The van der Waals surface area contributed by atoms with Gasteiger partial charge in [0.1, 0.15) is 5.60 Å². The zero-order valence-corrected chi connectivity index (χ0v) is 16.0. The van der Waals surface area contributed by atoms with Crippen LogP contribution in [0.15, 0.2) is 36.4 Å². The lowest BCUT2D eigenvalue weighted by molar-refractivity contribution is 0.0207. The summed E-state index contributed by atoms with van der Waals surface area (Å²) in [5, 5.41) is 0. The normalized spacial score (nSPS) is 14.9.